The molecule has 0 aliphatic heterocycles. The van der Waals surface area contributed by atoms with E-state index in [-0.39, 0.29) is 15.0 Å². The highest BCUT2D eigenvalue weighted by Crippen LogP contribution is 2.32. The molecule has 0 saturated carbocycles. The van der Waals surface area contributed by atoms with Crippen molar-refractivity contribution in [3.8, 4) is 11.5 Å². The van der Waals surface area contributed by atoms with Crippen LogP contribution >= 0.6 is 22.9 Å². The SMILES string of the molecule is COc1ccc2nc(NS(=O)(=O)c3ccc(OC)c(Cl)c3)sc2c1. The number of hydrogen-bond donors (Lipinski definition) is 1. The maximum absolute atomic E-state index is 12.5. The van der Waals surface area contributed by atoms with Crippen LogP contribution in [0.3, 0.4) is 0 Å². The summed E-state index contributed by atoms with van der Waals surface area (Å²) in [5, 5.41) is 0.486. The number of benzene rings is 2. The molecule has 2 aromatic carbocycles. The predicted octanol–water partition coefficient (Wildman–Crippen LogP) is 3.77. The second kappa shape index (κ2) is 6.46. The molecule has 9 heteroatoms. The first-order valence-electron chi connectivity index (χ1n) is 6.74. The Hall–Kier alpha value is -2.03. The molecule has 0 aliphatic rings. The third-order valence-corrected chi connectivity index (χ3v) is 5.95. The van der Waals surface area contributed by atoms with E-state index >= 15 is 0 Å². The summed E-state index contributed by atoms with van der Waals surface area (Å²) in [5.74, 6) is 1.09. The third kappa shape index (κ3) is 3.26. The number of anilines is 1. The highest BCUT2D eigenvalue weighted by atomic mass is 35.5. The molecule has 1 aromatic heterocycles. The van der Waals surface area contributed by atoms with Crippen LogP contribution in [-0.4, -0.2) is 27.6 Å². The minimum atomic E-state index is -3.80. The number of aromatic nitrogens is 1. The zero-order valence-corrected chi connectivity index (χ0v) is 15.1. The van der Waals surface area contributed by atoms with Gasteiger partial charge in [-0.05, 0) is 36.4 Å². The summed E-state index contributed by atoms with van der Waals surface area (Å²) >= 11 is 7.21. The molecule has 126 valence electrons. The summed E-state index contributed by atoms with van der Waals surface area (Å²) in [6, 6.07) is 9.59. The summed E-state index contributed by atoms with van der Waals surface area (Å²) in [7, 11) is -0.767. The molecule has 0 fully saturated rings. The van der Waals surface area contributed by atoms with Crippen molar-refractivity contribution in [1.29, 1.82) is 0 Å². The molecule has 0 saturated heterocycles. The van der Waals surface area contributed by atoms with Crippen LogP contribution in [0.15, 0.2) is 41.3 Å². The first kappa shape index (κ1) is 16.8. The van der Waals surface area contributed by atoms with Crippen molar-refractivity contribution in [3.05, 3.63) is 41.4 Å². The Morgan fingerprint density at radius 3 is 2.58 bits per heavy atom. The smallest absolute Gasteiger partial charge is 0.263 e. The zero-order chi connectivity index (χ0) is 17.3. The van der Waals surface area contributed by atoms with Crippen molar-refractivity contribution in [3.63, 3.8) is 0 Å². The van der Waals surface area contributed by atoms with E-state index in [0.717, 1.165) is 4.70 Å². The van der Waals surface area contributed by atoms with E-state index in [1.54, 1.807) is 25.3 Å². The van der Waals surface area contributed by atoms with E-state index in [9.17, 15) is 8.42 Å². The Bertz CT molecular complexity index is 1000. The molecule has 0 aliphatic carbocycles. The molecule has 1 heterocycles. The van der Waals surface area contributed by atoms with Gasteiger partial charge in [0.05, 0.1) is 34.4 Å². The van der Waals surface area contributed by atoms with Crippen molar-refractivity contribution in [1.82, 2.24) is 4.98 Å². The van der Waals surface area contributed by atoms with Gasteiger partial charge < -0.3 is 9.47 Å². The average molecular weight is 385 g/mol. The van der Waals surface area contributed by atoms with Crippen LogP contribution in [0.2, 0.25) is 5.02 Å². The number of fused-ring (bicyclic) bond motifs is 1. The minimum absolute atomic E-state index is 0.0325. The van der Waals surface area contributed by atoms with Crippen LogP contribution in [0.25, 0.3) is 10.2 Å². The van der Waals surface area contributed by atoms with Crippen molar-refractivity contribution in [2.45, 2.75) is 4.90 Å². The van der Waals surface area contributed by atoms with Gasteiger partial charge in [0.1, 0.15) is 11.5 Å². The molecular weight excluding hydrogens is 372 g/mol. The van der Waals surface area contributed by atoms with Gasteiger partial charge in [-0.3, -0.25) is 4.72 Å². The lowest BCUT2D eigenvalue weighted by Crippen LogP contribution is -2.12. The largest absolute Gasteiger partial charge is 0.497 e. The van der Waals surface area contributed by atoms with Gasteiger partial charge in [0.15, 0.2) is 5.13 Å². The van der Waals surface area contributed by atoms with Gasteiger partial charge in [-0.2, -0.15) is 0 Å². The number of ether oxygens (including phenoxy) is 2. The molecule has 0 atom stereocenters. The molecule has 0 bridgehead atoms. The summed E-state index contributed by atoms with van der Waals surface area (Å²) in [4.78, 5) is 4.30. The number of methoxy groups -OCH3 is 2. The highest BCUT2D eigenvalue weighted by molar-refractivity contribution is 7.93. The fraction of sp³-hybridized carbons (Fsp3) is 0.133. The number of sulfonamides is 1. The molecule has 3 aromatic rings. The summed E-state index contributed by atoms with van der Waals surface area (Å²) in [6.45, 7) is 0. The first-order chi connectivity index (χ1) is 11.4. The van der Waals surface area contributed by atoms with Gasteiger partial charge in [-0.15, -0.1) is 0 Å². The number of rotatable bonds is 5. The van der Waals surface area contributed by atoms with Gasteiger partial charge in [0.25, 0.3) is 10.0 Å². The summed E-state index contributed by atoms with van der Waals surface area (Å²) in [5.41, 5.74) is 0.686. The monoisotopic (exact) mass is 384 g/mol. The molecule has 0 amide bonds. The van der Waals surface area contributed by atoms with Gasteiger partial charge in [-0.25, -0.2) is 13.4 Å². The van der Waals surface area contributed by atoms with Crippen molar-refractivity contribution < 1.29 is 17.9 Å². The minimum Gasteiger partial charge on any atom is -0.497 e. The van der Waals surface area contributed by atoms with E-state index in [1.165, 1.54) is 36.6 Å². The van der Waals surface area contributed by atoms with E-state index in [2.05, 4.69) is 9.71 Å². The van der Waals surface area contributed by atoms with Gasteiger partial charge in [0.2, 0.25) is 0 Å². The van der Waals surface area contributed by atoms with Gasteiger partial charge >= 0.3 is 0 Å². The number of nitrogens with one attached hydrogen (secondary N) is 1. The Balaban J connectivity index is 1.93. The molecule has 24 heavy (non-hydrogen) atoms. The quantitative estimate of drug-likeness (QED) is 0.724. The predicted molar refractivity (Wildman–Crippen MR) is 95.0 cm³/mol. The van der Waals surface area contributed by atoms with Crippen molar-refractivity contribution >= 4 is 48.3 Å². The first-order valence-corrected chi connectivity index (χ1v) is 9.41. The van der Waals surface area contributed by atoms with Crippen molar-refractivity contribution in [2.24, 2.45) is 0 Å². The zero-order valence-electron chi connectivity index (χ0n) is 12.7. The lowest BCUT2D eigenvalue weighted by Gasteiger charge is -2.07. The van der Waals surface area contributed by atoms with E-state index in [1.807, 2.05) is 0 Å². The molecule has 0 unspecified atom stereocenters. The fourth-order valence-corrected chi connectivity index (χ4v) is 4.54. The topological polar surface area (TPSA) is 77.5 Å². The van der Waals surface area contributed by atoms with E-state index in [0.29, 0.717) is 17.0 Å². The fourth-order valence-electron chi connectivity index (χ4n) is 2.06. The summed E-state index contributed by atoms with van der Waals surface area (Å²) in [6.07, 6.45) is 0. The number of nitrogens with zero attached hydrogens (tertiary/aromatic N) is 1. The van der Waals surface area contributed by atoms with E-state index in [4.69, 9.17) is 21.1 Å². The molecule has 0 spiro atoms. The van der Waals surface area contributed by atoms with E-state index < -0.39 is 10.0 Å². The van der Waals surface area contributed by atoms with Gasteiger partial charge in [-0.1, -0.05) is 22.9 Å². The number of thiazole rings is 1. The Morgan fingerprint density at radius 2 is 1.92 bits per heavy atom. The Morgan fingerprint density at radius 1 is 1.12 bits per heavy atom. The highest BCUT2D eigenvalue weighted by Gasteiger charge is 2.18. The Kier molecular flexibility index (Phi) is 4.53. The van der Waals surface area contributed by atoms with Crippen LogP contribution < -0.4 is 14.2 Å². The van der Waals surface area contributed by atoms with Crippen LogP contribution in [0.1, 0.15) is 0 Å². The molecule has 1 N–H and O–H groups in total. The average Bonchev–Trinajstić information content (AvgIpc) is 2.94. The van der Waals surface area contributed by atoms with Crippen LogP contribution in [0.5, 0.6) is 11.5 Å². The molecule has 0 radical (unpaired) electrons. The maximum atomic E-state index is 12.5. The van der Waals surface area contributed by atoms with Gasteiger partial charge in [0, 0.05) is 0 Å². The molecule has 3 rings (SSSR count). The summed E-state index contributed by atoms with van der Waals surface area (Å²) < 4.78 is 38.4. The third-order valence-electron chi connectivity index (χ3n) is 3.25. The second-order valence-electron chi connectivity index (χ2n) is 4.75. The molecular formula is C15H13ClN2O4S2. The number of hydrogen-bond acceptors (Lipinski definition) is 6. The Labute approximate surface area is 148 Å². The second-order valence-corrected chi connectivity index (χ2v) is 7.87. The van der Waals surface area contributed by atoms with Crippen LogP contribution in [0.4, 0.5) is 5.13 Å². The standard InChI is InChI=1S/C15H13ClN2O4S2/c1-21-9-3-5-12-14(7-9)23-15(17-12)18-24(19,20)10-4-6-13(22-2)11(16)8-10/h3-8H,1-2H3,(H,17,18). The lowest BCUT2D eigenvalue weighted by atomic mass is 10.3. The van der Waals surface area contributed by atoms with Crippen LogP contribution in [0, 0.1) is 0 Å². The van der Waals surface area contributed by atoms with Crippen LogP contribution in [-0.2, 0) is 10.0 Å². The normalized spacial score (nSPS) is 11.5. The van der Waals surface area contributed by atoms with Crippen molar-refractivity contribution in [2.75, 3.05) is 18.9 Å². The molecule has 6 nitrogen and oxygen atoms in total. The lowest BCUT2D eigenvalue weighted by molar-refractivity contribution is 0.414. The maximum Gasteiger partial charge on any atom is 0.263 e. The number of halogens is 1.